The number of halogens is 1. The van der Waals surface area contributed by atoms with Crippen molar-refractivity contribution in [2.24, 2.45) is 0 Å². The first kappa shape index (κ1) is 10.1. The second-order valence-corrected chi connectivity index (χ2v) is 2.06. The van der Waals surface area contributed by atoms with Crippen molar-refractivity contribution in [1.29, 1.82) is 0 Å². The van der Waals surface area contributed by atoms with Crippen molar-refractivity contribution in [2.75, 3.05) is 12.8 Å². The number of nitrogens with two attached hydrogens (primary N) is 1. The van der Waals surface area contributed by atoms with Crippen LogP contribution < -0.4 is 5.73 Å². The maximum absolute atomic E-state index is 8.73. The van der Waals surface area contributed by atoms with Crippen LogP contribution in [0, 0.1) is 0 Å². The monoisotopic (exact) mass is 175 g/mol. The zero-order chi connectivity index (χ0) is 8.69. The van der Waals surface area contributed by atoms with Crippen molar-refractivity contribution in [2.45, 2.75) is 0 Å². The summed E-state index contributed by atoms with van der Waals surface area (Å²) >= 11 is 4.50. The van der Waals surface area contributed by atoms with Gasteiger partial charge < -0.3 is 10.8 Å². The van der Waals surface area contributed by atoms with Crippen molar-refractivity contribution in [3.63, 3.8) is 0 Å². The molecule has 0 atom stereocenters. The molecular weight excluding hydrogens is 166 g/mol. The van der Waals surface area contributed by atoms with Gasteiger partial charge in [-0.2, -0.15) is 0 Å². The summed E-state index contributed by atoms with van der Waals surface area (Å²) in [6.07, 6.45) is 0. The van der Waals surface area contributed by atoms with Crippen molar-refractivity contribution in [3.05, 3.63) is 24.3 Å². The minimum absolute atomic E-state index is 0.213. The Labute approximate surface area is 70.5 Å². The van der Waals surface area contributed by atoms with E-state index in [9.17, 15) is 0 Å². The van der Waals surface area contributed by atoms with Gasteiger partial charge in [-0.3, -0.25) is 4.29 Å². The van der Waals surface area contributed by atoms with Gasteiger partial charge in [0.05, 0.1) is 19.0 Å². The van der Waals surface area contributed by atoms with Crippen LogP contribution in [-0.4, -0.2) is 12.2 Å². The van der Waals surface area contributed by atoms with Crippen LogP contribution in [0.15, 0.2) is 24.3 Å². The Kier molecular flexibility index (Phi) is 5.33. The molecule has 3 N–H and O–H groups in total. The minimum Gasteiger partial charge on any atom is -0.508 e. The molecule has 0 unspecified atom stereocenters. The SMILES string of the molecule is COCl.Nc1cccc(O)c1. The predicted molar refractivity (Wildman–Crippen MR) is 45.4 cm³/mol. The molecular formula is C7H10ClNO2. The number of hydrogen-bond acceptors (Lipinski definition) is 3. The zero-order valence-corrected chi connectivity index (χ0v) is 6.88. The van der Waals surface area contributed by atoms with Crippen molar-refractivity contribution < 1.29 is 9.40 Å². The Bertz CT molecular complexity index is 188. The Morgan fingerprint density at radius 3 is 2.36 bits per heavy atom. The molecule has 1 rings (SSSR count). The van der Waals surface area contributed by atoms with Crippen LogP contribution in [0.1, 0.15) is 0 Å². The molecule has 3 nitrogen and oxygen atoms in total. The van der Waals surface area contributed by atoms with Crippen LogP contribution in [0.5, 0.6) is 5.75 Å². The van der Waals surface area contributed by atoms with E-state index >= 15 is 0 Å². The Hall–Kier alpha value is -0.930. The van der Waals surface area contributed by atoms with Gasteiger partial charge in [0.2, 0.25) is 0 Å². The Balaban J connectivity index is 0.000000292. The van der Waals surface area contributed by atoms with Gasteiger partial charge in [0.25, 0.3) is 0 Å². The van der Waals surface area contributed by atoms with Gasteiger partial charge in [-0.25, -0.2) is 0 Å². The normalized spacial score (nSPS) is 8.18. The third-order valence-corrected chi connectivity index (χ3v) is 0.870. The van der Waals surface area contributed by atoms with Crippen LogP contribution in [0.2, 0.25) is 0 Å². The molecule has 0 saturated carbocycles. The van der Waals surface area contributed by atoms with E-state index in [1.165, 1.54) is 13.2 Å². The maximum Gasteiger partial charge on any atom is 0.117 e. The summed E-state index contributed by atoms with van der Waals surface area (Å²) in [6.45, 7) is 0. The number of nitrogen functional groups attached to an aromatic ring is 1. The first-order chi connectivity index (χ1) is 5.20. The minimum atomic E-state index is 0.213. The smallest absolute Gasteiger partial charge is 0.117 e. The lowest BCUT2D eigenvalue weighted by atomic mass is 10.3. The number of aromatic hydroxyl groups is 1. The summed E-state index contributed by atoms with van der Waals surface area (Å²) in [4.78, 5) is 0. The lowest BCUT2D eigenvalue weighted by molar-refractivity contribution is 0.463. The van der Waals surface area contributed by atoms with Gasteiger partial charge >= 0.3 is 0 Å². The number of benzene rings is 1. The lowest BCUT2D eigenvalue weighted by Gasteiger charge is -1.90. The summed E-state index contributed by atoms with van der Waals surface area (Å²) in [7, 11) is 1.39. The molecule has 0 bridgehead atoms. The molecule has 1 aromatic rings. The average Bonchev–Trinajstić information content (AvgIpc) is 1.88. The van der Waals surface area contributed by atoms with E-state index < -0.39 is 0 Å². The topological polar surface area (TPSA) is 55.5 Å². The third kappa shape index (κ3) is 5.51. The lowest BCUT2D eigenvalue weighted by Crippen LogP contribution is -1.80. The molecule has 1 aromatic carbocycles. The molecule has 11 heavy (non-hydrogen) atoms. The summed E-state index contributed by atoms with van der Waals surface area (Å²) in [6, 6.07) is 6.50. The highest BCUT2D eigenvalue weighted by Gasteiger charge is 1.83. The molecule has 0 fully saturated rings. The highest BCUT2D eigenvalue weighted by atomic mass is 35.5. The van der Waals surface area contributed by atoms with Gasteiger partial charge in [0.15, 0.2) is 0 Å². The molecule has 0 aliphatic rings. The van der Waals surface area contributed by atoms with E-state index in [4.69, 9.17) is 10.8 Å². The van der Waals surface area contributed by atoms with Gasteiger partial charge in [-0.15, -0.1) is 0 Å². The first-order valence-electron chi connectivity index (χ1n) is 2.90. The predicted octanol–water partition coefficient (Wildman–Crippen LogP) is 1.76. The molecule has 0 aliphatic heterocycles. The molecule has 62 valence electrons. The fraction of sp³-hybridized carbons (Fsp3) is 0.143. The second-order valence-electron chi connectivity index (χ2n) is 1.75. The quantitative estimate of drug-likeness (QED) is 0.591. The fourth-order valence-electron chi connectivity index (χ4n) is 0.525. The van der Waals surface area contributed by atoms with E-state index in [-0.39, 0.29) is 5.75 Å². The average molecular weight is 176 g/mol. The highest BCUT2D eigenvalue weighted by Crippen LogP contribution is 2.10. The van der Waals surface area contributed by atoms with E-state index in [2.05, 4.69) is 16.2 Å². The molecule has 0 saturated heterocycles. The number of hydrogen-bond donors (Lipinski definition) is 2. The number of anilines is 1. The van der Waals surface area contributed by atoms with E-state index in [1.54, 1.807) is 18.2 Å². The largest absolute Gasteiger partial charge is 0.508 e. The number of phenols is 1. The highest BCUT2D eigenvalue weighted by molar-refractivity contribution is 6.07. The van der Waals surface area contributed by atoms with Crippen LogP contribution in [0.25, 0.3) is 0 Å². The summed E-state index contributed by atoms with van der Waals surface area (Å²) < 4.78 is 3.72. The second kappa shape index (κ2) is 5.82. The number of rotatable bonds is 0. The first-order valence-corrected chi connectivity index (χ1v) is 3.20. The zero-order valence-electron chi connectivity index (χ0n) is 6.12. The van der Waals surface area contributed by atoms with Crippen LogP contribution in [0.4, 0.5) is 5.69 Å². The summed E-state index contributed by atoms with van der Waals surface area (Å²) in [5.41, 5.74) is 5.89. The molecule has 0 radical (unpaired) electrons. The Morgan fingerprint density at radius 1 is 1.55 bits per heavy atom. The molecule has 0 spiro atoms. The third-order valence-electron chi connectivity index (χ3n) is 0.870. The van der Waals surface area contributed by atoms with E-state index in [0.717, 1.165) is 0 Å². The van der Waals surface area contributed by atoms with Crippen molar-refractivity contribution >= 4 is 17.6 Å². The van der Waals surface area contributed by atoms with Gasteiger partial charge in [-0.1, -0.05) is 6.07 Å². The van der Waals surface area contributed by atoms with E-state index in [0.29, 0.717) is 5.69 Å². The summed E-state index contributed by atoms with van der Waals surface area (Å²) in [5.74, 6) is 0.213. The molecule has 4 heteroatoms. The van der Waals surface area contributed by atoms with Crippen LogP contribution >= 0.6 is 11.9 Å². The molecule has 0 aromatic heterocycles. The molecule has 0 aliphatic carbocycles. The Morgan fingerprint density at radius 2 is 2.09 bits per heavy atom. The fourth-order valence-corrected chi connectivity index (χ4v) is 0.525. The van der Waals surface area contributed by atoms with Crippen molar-refractivity contribution in [1.82, 2.24) is 0 Å². The van der Waals surface area contributed by atoms with E-state index in [1.807, 2.05) is 0 Å². The van der Waals surface area contributed by atoms with Gasteiger partial charge in [0, 0.05) is 11.8 Å². The summed E-state index contributed by atoms with van der Waals surface area (Å²) in [5, 5.41) is 8.73. The van der Waals surface area contributed by atoms with Gasteiger partial charge in [-0.05, 0) is 12.1 Å². The molecule has 0 amide bonds. The standard InChI is InChI=1S/C6H7NO.CH3ClO/c7-5-2-1-3-6(8)4-5;1-3-2/h1-4,8H,7H2;1H3. The number of phenolic OH excluding ortho intramolecular Hbond substituents is 1. The van der Waals surface area contributed by atoms with Crippen LogP contribution in [-0.2, 0) is 4.29 Å². The van der Waals surface area contributed by atoms with Crippen molar-refractivity contribution in [3.8, 4) is 5.75 Å². The maximum atomic E-state index is 8.73. The van der Waals surface area contributed by atoms with Gasteiger partial charge in [0.1, 0.15) is 5.75 Å². The van der Waals surface area contributed by atoms with Crippen LogP contribution in [0.3, 0.4) is 0 Å². The molecule has 0 heterocycles.